The lowest BCUT2D eigenvalue weighted by molar-refractivity contribution is 0.0921. The maximum atomic E-state index is 12.6. The van der Waals surface area contributed by atoms with E-state index < -0.39 is 0 Å². The molecule has 4 nitrogen and oxygen atoms in total. The van der Waals surface area contributed by atoms with Gasteiger partial charge in [0.1, 0.15) is 6.61 Å². The Bertz CT molecular complexity index is 907. The summed E-state index contributed by atoms with van der Waals surface area (Å²) in [4.78, 5) is 14.5. The summed E-state index contributed by atoms with van der Waals surface area (Å²) in [5.41, 5.74) is 3.42. The van der Waals surface area contributed by atoms with Crippen molar-refractivity contribution in [1.29, 1.82) is 0 Å². The van der Waals surface area contributed by atoms with Crippen molar-refractivity contribution < 1.29 is 9.53 Å². The number of nitrogens with zero attached hydrogens (tertiary/aromatic N) is 2. The number of hydrogen-bond acceptors (Lipinski definition) is 2. The van der Waals surface area contributed by atoms with Crippen molar-refractivity contribution in [2.24, 2.45) is 0 Å². The third-order valence-electron chi connectivity index (χ3n) is 5.02. The van der Waals surface area contributed by atoms with Gasteiger partial charge in [-0.3, -0.25) is 3.59 Å². The van der Waals surface area contributed by atoms with E-state index in [0.717, 1.165) is 36.9 Å². The van der Waals surface area contributed by atoms with Crippen LogP contribution in [0.4, 0.5) is 4.79 Å². The summed E-state index contributed by atoms with van der Waals surface area (Å²) in [6.45, 7) is 1.09. The molecule has 1 saturated heterocycles. The fraction of sp³-hybridized carbons (Fsp3) is 0.286. The topological polar surface area (TPSA) is 34.5 Å². The van der Waals surface area contributed by atoms with Gasteiger partial charge in [-0.2, -0.15) is 0 Å². The average Bonchev–Trinajstić information content (AvgIpc) is 3.26. The van der Waals surface area contributed by atoms with Crippen LogP contribution in [0.3, 0.4) is 0 Å². The van der Waals surface area contributed by atoms with Gasteiger partial charge in [-0.1, -0.05) is 48.5 Å². The zero-order valence-corrected chi connectivity index (χ0v) is 16.1. The van der Waals surface area contributed by atoms with Crippen LogP contribution in [0.25, 0.3) is 10.9 Å². The summed E-state index contributed by atoms with van der Waals surface area (Å²) in [5.74, 6) is 0. The number of aromatic nitrogens is 1. The quantitative estimate of drug-likeness (QED) is 0.594. The third kappa shape index (κ3) is 3.49. The predicted octanol–water partition coefficient (Wildman–Crippen LogP) is 5.14. The molecule has 0 spiro atoms. The van der Waals surface area contributed by atoms with Crippen molar-refractivity contribution in [3.8, 4) is 0 Å². The van der Waals surface area contributed by atoms with Crippen molar-refractivity contribution >= 4 is 33.1 Å². The van der Waals surface area contributed by atoms with E-state index in [2.05, 4.69) is 40.5 Å². The van der Waals surface area contributed by atoms with Crippen LogP contribution in [0.15, 0.2) is 60.8 Å². The normalized spacial score (nSPS) is 17.0. The zero-order chi connectivity index (χ0) is 17.9. The number of carbonyl (C=O) groups is 1. The Morgan fingerprint density at radius 2 is 1.88 bits per heavy atom. The van der Waals surface area contributed by atoms with Crippen molar-refractivity contribution in [2.45, 2.75) is 31.9 Å². The van der Waals surface area contributed by atoms with Crippen LogP contribution in [-0.4, -0.2) is 27.2 Å². The van der Waals surface area contributed by atoms with Gasteiger partial charge in [0.25, 0.3) is 0 Å². The number of likely N-dealkylation sites (tertiary alicyclic amines) is 1. The molecule has 3 aromatic rings. The van der Waals surface area contributed by atoms with Crippen LogP contribution in [0.2, 0.25) is 0 Å². The third-order valence-corrected chi connectivity index (χ3v) is 5.61. The van der Waals surface area contributed by atoms with Crippen molar-refractivity contribution in [1.82, 2.24) is 8.49 Å². The first-order chi connectivity index (χ1) is 12.7. The van der Waals surface area contributed by atoms with Gasteiger partial charge in [0.05, 0.1) is 21.7 Å². The SMILES string of the molecule is O=C(OCc1ccccc1)N1CCC[C@@H]1Cc1cn(Br)c2ccccc12. The van der Waals surface area contributed by atoms with Gasteiger partial charge in [0, 0.05) is 24.2 Å². The molecule has 4 rings (SSSR count). The molecule has 26 heavy (non-hydrogen) atoms. The minimum Gasteiger partial charge on any atom is -0.445 e. The summed E-state index contributed by atoms with van der Waals surface area (Å²) in [6, 6.07) is 18.3. The molecule has 1 atom stereocenters. The second-order valence-electron chi connectivity index (χ2n) is 6.72. The molecular weight excluding hydrogens is 392 g/mol. The van der Waals surface area contributed by atoms with Crippen molar-refractivity contribution in [3.05, 3.63) is 71.9 Å². The van der Waals surface area contributed by atoms with Crippen LogP contribution in [0.5, 0.6) is 0 Å². The van der Waals surface area contributed by atoms with Gasteiger partial charge in [0.2, 0.25) is 0 Å². The molecule has 1 aromatic heterocycles. The van der Waals surface area contributed by atoms with E-state index in [9.17, 15) is 4.79 Å². The Morgan fingerprint density at radius 3 is 2.73 bits per heavy atom. The highest BCUT2D eigenvalue weighted by Crippen LogP contribution is 2.28. The molecule has 5 heteroatoms. The van der Waals surface area contributed by atoms with Crippen LogP contribution < -0.4 is 0 Å². The molecule has 0 radical (unpaired) electrons. The lowest BCUT2D eigenvalue weighted by Crippen LogP contribution is -2.37. The molecule has 0 N–H and O–H groups in total. The number of benzene rings is 2. The first-order valence-corrected chi connectivity index (χ1v) is 9.66. The average molecular weight is 413 g/mol. The van der Waals surface area contributed by atoms with Gasteiger partial charge >= 0.3 is 6.09 Å². The maximum Gasteiger partial charge on any atom is 0.410 e. The standard InChI is InChI=1S/C21H21BrN2O2/c22-24-14-17(19-10-4-5-11-20(19)24)13-18-9-6-12-23(18)21(25)26-15-16-7-2-1-3-8-16/h1-5,7-8,10-11,14,18H,6,9,12-13,15H2/t18-/m1/s1. The number of para-hydroxylation sites is 1. The van der Waals surface area contributed by atoms with E-state index in [-0.39, 0.29) is 12.1 Å². The van der Waals surface area contributed by atoms with E-state index in [4.69, 9.17) is 4.74 Å². The summed E-state index contributed by atoms with van der Waals surface area (Å²) in [5, 5.41) is 1.23. The molecule has 1 amide bonds. The molecule has 2 heterocycles. The minimum absolute atomic E-state index is 0.191. The minimum atomic E-state index is -0.209. The number of ether oxygens (including phenoxy) is 1. The van der Waals surface area contributed by atoms with Crippen molar-refractivity contribution in [2.75, 3.05) is 6.54 Å². The highest BCUT2D eigenvalue weighted by atomic mass is 79.9. The molecule has 0 bridgehead atoms. The van der Waals surface area contributed by atoms with Gasteiger partial charge in [-0.05, 0) is 36.5 Å². The summed E-state index contributed by atoms with van der Waals surface area (Å²) >= 11 is 3.57. The zero-order valence-electron chi connectivity index (χ0n) is 14.5. The molecule has 2 aromatic carbocycles. The second kappa shape index (κ2) is 7.54. The molecular formula is C21H21BrN2O2. The molecule has 1 fully saturated rings. The molecule has 0 saturated carbocycles. The number of halogens is 1. The number of carbonyl (C=O) groups excluding carboxylic acids is 1. The van der Waals surface area contributed by atoms with Gasteiger partial charge in [0.15, 0.2) is 0 Å². The first-order valence-electron chi connectivity index (χ1n) is 8.95. The molecule has 1 aliphatic rings. The lowest BCUT2D eigenvalue weighted by atomic mass is 10.0. The number of amides is 1. The predicted molar refractivity (Wildman–Crippen MR) is 106 cm³/mol. The van der Waals surface area contributed by atoms with Crippen molar-refractivity contribution in [3.63, 3.8) is 0 Å². The van der Waals surface area contributed by atoms with E-state index in [1.165, 1.54) is 10.9 Å². The highest BCUT2D eigenvalue weighted by molar-refractivity contribution is 9.08. The van der Waals surface area contributed by atoms with Crippen LogP contribution in [-0.2, 0) is 17.8 Å². The van der Waals surface area contributed by atoms with Crippen LogP contribution in [0.1, 0.15) is 24.0 Å². The Kier molecular flexibility index (Phi) is 4.98. The summed E-state index contributed by atoms with van der Waals surface area (Å²) in [6.07, 6.45) is 4.79. The molecule has 1 aliphatic heterocycles. The fourth-order valence-electron chi connectivity index (χ4n) is 3.71. The second-order valence-corrected chi connectivity index (χ2v) is 7.48. The van der Waals surface area contributed by atoms with E-state index in [1.807, 2.05) is 44.9 Å². The van der Waals surface area contributed by atoms with Crippen LogP contribution in [0, 0.1) is 0 Å². The first kappa shape index (κ1) is 17.2. The number of rotatable bonds is 4. The van der Waals surface area contributed by atoms with Gasteiger partial charge in [-0.15, -0.1) is 0 Å². The van der Waals surface area contributed by atoms with E-state index in [1.54, 1.807) is 0 Å². The number of fused-ring (bicyclic) bond motifs is 1. The highest BCUT2D eigenvalue weighted by Gasteiger charge is 2.30. The largest absolute Gasteiger partial charge is 0.445 e. The molecule has 134 valence electrons. The Labute approximate surface area is 161 Å². The Morgan fingerprint density at radius 1 is 1.12 bits per heavy atom. The maximum absolute atomic E-state index is 12.6. The monoisotopic (exact) mass is 412 g/mol. The summed E-state index contributed by atoms with van der Waals surface area (Å²) in [7, 11) is 0. The van der Waals surface area contributed by atoms with Gasteiger partial charge < -0.3 is 9.64 Å². The lowest BCUT2D eigenvalue weighted by Gasteiger charge is -2.24. The van der Waals surface area contributed by atoms with Gasteiger partial charge in [-0.25, -0.2) is 4.79 Å². The number of hydrogen-bond donors (Lipinski definition) is 0. The summed E-state index contributed by atoms with van der Waals surface area (Å²) < 4.78 is 7.52. The van der Waals surface area contributed by atoms with E-state index in [0.29, 0.717) is 6.61 Å². The van der Waals surface area contributed by atoms with Crippen LogP contribution >= 0.6 is 16.1 Å². The smallest absolute Gasteiger partial charge is 0.410 e. The Balaban J connectivity index is 1.45. The molecule has 0 aliphatic carbocycles. The molecule has 0 unspecified atom stereocenters. The fourth-order valence-corrected chi connectivity index (χ4v) is 4.27. The Hall–Kier alpha value is -2.27. The van der Waals surface area contributed by atoms with E-state index >= 15 is 0 Å².